The normalized spacial score (nSPS) is 28.7. The molecule has 0 aliphatic heterocycles. The number of nitrogens with zero attached hydrogens (tertiary/aromatic N) is 1. The van der Waals surface area contributed by atoms with Crippen molar-refractivity contribution in [1.82, 2.24) is 4.57 Å². The summed E-state index contributed by atoms with van der Waals surface area (Å²) in [7, 11) is 0. The predicted molar refractivity (Wildman–Crippen MR) is 123 cm³/mol. The van der Waals surface area contributed by atoms with Crippen LogP contribution < -0.4 is 0 Å². The third kappa shape index (κ3) is 4.02. The van der Waals surface area contributed by atoms with Gasteiger partial charge in [-0.1, -0.05) is 15.9 Å². The van der Waals surface area contributed by atoms with E-state index in [1.54, 1.807) is 0 Å². The molecule has 0 atom stereocenters. The quantitative estimate of drug-likeness (QED) is 0.363. The van der Waals surface area contributed by atoms with Crippen LogP contribution in [0.4, 0.5) is 0 Å². The first-order chi connectivity index (χ1) is 14.8. The molecule has 6 rings (SSSR count). The van der Waals surface area contributed by atoms with Crippen LogP contribution in [0.2, 0.25) is 0 Å². The lowest BCUT2D eigenvalue weighted by molar-refractivity contribution is -0.150. The fraction of sp³-hybridized carbons (Fsp3) is 0.538. The third-order valence-corrected chi connectivity index (χ3v) is 8.39. The van der Waals surface area contributed by atoms with Gasteiger partial charge in [0.05, 0.1) is 6.42 Å². The summed E-state index contributed by atoms with van der Waals surface area (Å²) in [4.78, 5) is 25.6. The Hall–Kier alpha value is -1.88. The van der Waals surface area contributed by atoms with Gasteiger partial charge in [-0.05, 0) is 106 Å². The maximum Gasteiger partial charge on any atom is 0.306 e. The molecular formula is C26H30BrNO3. The monoisotopic (exact) mass is 483 g/mol. The van der Waals surface area contributed by atoms with Gasteiger partial charge in [-0.15, -0.1) is 0 Å². The van der Waals surface area contributed by atoms with Crippen molar-refractivity contribution in [2.75, 3.05) is 6.61 Å². The SMILES string of the molecule is Cc1cc(C(=O)COC(=O)CC23CC4CC(CC(C4)C2)C3)c(C)n1-c1ccc(Br)cc1. The van der Waals surface area contributed by atoms with Crippen LogP contribution in [0.25, 0.3) is 5.69 Å². The number of ether oxygens (including phenoxy) is 1. The largest absolute Gasteiger partial charge is 0.457 e. The summed E-state index contributed by atoms with van der Waals surface area (Å²) in [5, 5.41) is 0. The van der Waals surface area contributed by atoms with E-state index in [4.69, 9.17) is 4.74 Å². The molecule has 2 aromatic rings. The molecule has 31 heavy (non-hydrogen) atoms. The number of carbonyl (C=O) groups is 2. The maximum atomic E-state index is 12.9. The molecule has 0 N–H and O–H groups in total. The number of aryl methyl sites for hydroxylation is 1. The summed E-state index contributed by atoms with van der Waals surface area (Å²) in [6.07, 6.45) is 8.10. The number of rotatable bonds is 6. The summed E-state index contributed by atoms with van der Waals surface area (Å²) in [6.45, 7) is 3.76. The van der Waals surface area contributed by atoms with Gasteiger partial charge in [0, 0.05) is 27.1 Å². The third-order valence-electron chi connectivity index (χ3n) is 7.87. The average molecular weight is 484 g/mol. The zero-order valence-electron chi connectivity index (χ0n) is 18.3. The van der Waals surface area contributed by atoms with E-state index in [1.807, 2.05) is 44.2 Å². The molecule has 4 aliphatic rings. The second-order valence-corrected chi connectivity index (χ2v) is 11.2. The molecule has 1 heterocycles. The van der Waals surface area contributed by atoms with Gasteiger partial charge >= 0.3 is 5.97 Å². The van der Waals surface area contributed by atoms with Crippen LogP contribution in [0.15, 0.2) is 34.8 Å². The van der Waals surface area contributed by atoms with Gasteiger partial charge in [0.25, 0.3) is 0 Å². The number of hydrogen-bond acceptors (Lipinski definition) is 3. The van der Waals surface area contributed by atoms with E-state index in [9.17, 15) is 9.59 Å². The average Bonchev–Trinajstić information content (AvgIpc) is 3.00. The predicted octanol–water partition coefficient (Wildman–Crippen LogP) is 6.19. The van der Waals surface area contributed by atoms with Crippen LogP contribution in [0.1, 0.15) is 66.7 Å². The highest BCUT2D eigenvalue weighted by Gasteiger charge is 2.51. The molecule has 4 aliphatic carbocycles. The highest BCUT2D eigenvalue weighted by molar-refractivity contribution is 9.10. The number of ketones is 1. The number of hydrogen-bond donors (Lipinski definition) is 0. The van der Waals surface area contributed by atoms with Gasteiger partial charge in [0.1, 0.15) is 0 Å². The molecule has 0 spiro atoms. The van der Waals surface area contributed by atoms with Crippen LogP contribution in [0.5, 0.6) is 0 Å². The highest BCUT2D eigenvalue weighted by atomic mass is 79.9. The van der Waals surface area contributed by atoms with Crippen LogP contribution in [0.3, 0.4) is 0 Å². The molecule has 0 saturated heterocycles. The second kappa shape index (κ2) is 7.91. The minimum atomic E-state index is -0.197. The smallest absolute Gasteiger partial charge is 0.306 e. The Morgan fingerprint density at radius 2 is 1.61 bits per heavy atom. The second-order valence-electron chi connectivity index (χ2n) is 10.3. The number of esters is 1. The van der Waals surface area contributed by atoms with Crippen molar-refractivity contribution in [2.24, 2.45) is 23.2 Å². The Morgan fingerprint density at radius 3 is 2.19 bits per heavy atom. The first kappa shape index (κ1) is 21.0. The fourth-order valence-electron chi connectivity index (χ4n) is 7.12. The molecule has 4 bridgehead atoms. The van der Waals surface area contributed by atoms with Crippen molar-refractivity contribution in [3.63, 3.8) is 0 Å². The van der Waals surface area contributed by atoms with Gasteiger partial charge in [0.15, 0.2) is 6.61 Å². The van der Waals surface area contributed by atoms with Crippen LogP contribution in [-0.4, -0.2) is 22.9 Å². The van der Waals surface area contributed by atoms with Gasteiger partial charge in [-0.3, -0.25) is 9.59 Å². The fourth-order valence-corrected chi connectivity index (χ4v) is 7.38. The van der Waals surface area contributed by atoms with E-state index in [2.05, 4.69) is 20.5 Å². The number of aromatic nitrogens is 1. The van der Waals surface area contributed by atoms with Crippen molar-refractivity contribution < 1.29 is 14.3 Å². The van der Waals surface area contributed by atoms with E-state index in [0.29, 0.717) is 12.0 Å². The summed E-state index contributed by atoms with van der Waals surface area (Å²) >= 11 is 3.46. The summed E-state index contributed by atoms with van der Waals surface area (Å²) in [6, 6.07) is 9.91. The van der Waals surface area contributed by atoms with E-state index < -0.39 is 0 Å². The zero-order chi connectivity index (χ0) is 21.8. The number of halogens is 1. The van der Waals surface area contributed by atoms with Crippen molar-refractivity contribution in [3.05, 3.63) is 51.8 Å². The molecule has 4 fully saturated rings. The first-order valence-corrected chi connectivity index (χ1v) is 12.2. The first-order valence-electron chi connectivity index (χ1n) is 11.5. The molecule has 4 nitrogen and oxygen atoms in total. The van der Waals surface area contributed by atoms with Gasteiger partial charge < -0.3 is 9.30 Å². The Labute approximate surface area is 192 Å². The summed E-state index contributed by atoms with van der Waals surface area (Å²) < 4.78 is 8.60. The summed E-state index contributed by atoms with van der Waals surface area (Å²) in [5.74, 6) is 2.10. The van der Waals surface area contributed by atoms with E-state index in [1.165, 1.54) is 38.5 Å². The zero-order valence-corrected chi connectivity index (χ0v) is 19.9. The van der Waals surface area contributed by atoms with Gasteiger partial charge in [0.2, 0.25) is 5.78 Å². The summed E-state index contributed by atoms with van der Waals surface area (Å²) in [5.41, 5.74) is 3.65. The Morgan fingerprint density at radius 1 is 1.03 bits per heavy atom. The minimum Gasteiger partial charge on any atom is -0.457 e. The Balaban J connectivity index is 1.23. The van der Waals surface area contributed by atoms with Crippen molar-refractivity contribution in [1.29, 1.82) is 0 Å². The Kier molecular flexibility index (Phi) is 5.36. The van der Waals surface area contributed by atoms with E-state index in [0.717, 1.165) is 39.3 Å². The molecule has 164 valence electrons. The lowest BCUT2D eigenvalue weighted by Gasteiger charge is -2.56. The van der Waals surface area contributed by atoms with Crippen LogP contribution in [-0.2, 0) is 9.53 Å². The molecule has 0 unspecified atom stereocenters. The van der Waals surface area contributed by atoms with Gasteiger partial charge in [-0.25, -0.2) is 0 Å². The van der Waals surface area contributed by atoms with Gasteiger partial charge in [-0.2, -0.15) is 0 Å². The van der Waals surface area contributed by atoms with Crippen molar-refractivity contribution in [3.8, 4) is 5.69 Å². The topological polar surface area (TPSA) is 48.3 Å². The van der Waals surface area contributed by atoms with Crippen molar-refractivity contribution in [2.45, 2.75) is 58.8 Å². The lowest BCUT2D eigenvalue weighted by Crippen LogP contribution is -2.47. The molecule has 4 saturated carbocycles. The Bertz CT molecular complexity index is 985. The molecule has 1 aromatic heterocycles. The molecule has 1 aromatic carbocycles. The maximum absolute atomic E-state index is 12.9. The molecule has 0 radical (unpaired) electrons. The lowest BCUT2D eigenvalue weighted by atomic mass is 9.49. The van der Waals surface area contributed by atoms with Crippen molar-refractivity contribution >= 4 is 27.7 Å². The number of Topliss-reactive ketones (excluding diaryl/α,β-unsaturated/α-hetero) is 1. The van der Waals surface area contributed by atoms with Crippen LogP contribution in [0, 0.1) is 37.0 Å². The number of benzene rings is 1. The van der Waals surface area contributed by atoms with Crippen LogP contribution >= 0.6 is 15.9 Å². The molecule has 5 heteroatoms. The molecular weight excluding hydrogens is 454 g/mol. The van der Waals surface area contributed by atoms with E-state index in [-0.39, 0.29) is 23.8 Å². The number of carbonyl (C=O) groups excluding carboxylic acids is 2. The highest BCUT2D eigenvalue weighted by Crippen LogP contribution is 2.61. The van der Waals surface area contributed by atoms with E-state index >= 15 is 0 Å². The molecule has 0 amide bonds. The minimum absolute atomic E-state index is 0.129. The standard InChI is InChI=1S/C26H30BrNO3/c1-16-7-23(17(2)28(16)22-5-3-21(27)4-6-22)24(29)15-31-25(30)14-26-11-18-8-19(12-26)10-20(9-18)13-26/h3-7,18-20H,8-15H2,1-2H3.